The highest BCUT2D eigenvalue weighted by Gasteiger charge is 2.51. The van der Waals surface area contributed by atoms with E-state index >= 15 is 0 Å². The van der Waals surface area contributed by atoms with Crippen LogP contribution in [0.4, 0.5) is 0 Å². The second-order valence-corrected chi connectivity index (χ2v) is 10.7. The van der Waals surface area contributed by atoms with Crippen molar-refractivity contribution in [3.05, 3.63) is 84.0 Å². The van der Waals surface area contributed by atoms with Crippen LogP contribution in [0.5, 0.6) is 0 Å². The van der Waals surface area contributed by atoms with Crippen LogP contribution in [-0.2, 0) is 9.31 Å². The highest BCUT2D eigenvalue weighted by Crippen LogP contribution is 2.39. The Balaban J connectivity index is 1.44. The fraction of sp³-hybridized carbons (Fsp3) is 0.333. The SMILES string of the molecule is CC1(C)OB(c2ccc3c(c2)c2ccccc2n3C2=CC=C(C3=CC=CCC3)CC2)OC1(C)C. The van der Waals surface area contributed by atoms with Crippen molar-refractivity contribution in [3.63, 3.8) is 0 Å². The van der Waals surface area contributed by atoms with Gasteiger partial charge in [0.05, 0.1) is 22.2 Å². The fourth-order valence-corrected chi connectivity index (χ4v) is 5.38. The van der Waals surface area contributed by atoms with Gasteiger partial charge in [-0.2, -0.15) is 0 Å². The summed E-state index contributed by atoms with van der Waals surface area (Å²) in [5.41, 5.74) is 7.21. The average Bonchev–Trinajstić information content (AvgIpc) is 3.29. The van der Waals surface area contributed by atoms with Crippen molar-refractivity contribution in [2.45, 2.75) is 64.6 Å². The van der Waals surface area contributed by atoms with Crippen molar-refractivity contribution < 1.29 is 9.31 Å². The first kappa shape index (κ1) is 21.7. The van der Waals surface area contributed by atoms with Gasteiger partial charge < -0.3 is 13.9 Å². The van der Waals surface area contributed by atoms with Gasteiger partial charge in [-0.25, -0.2) is 0 Å². The average molecular weight is 449 g/mol. The molecule has 0 unspecified atom stereocenters. The van der Waals surface area contributed by atoms with E-state index in [1.54, 1.807) is 0 Å². The van der Waals surface area contributed by atoms with Crippen LogP contribution in [0.2, 0.25) is 0 Å². The number of allylic oxidation sites excluding steroid dienone is 8. The molecular weight excluding hydrogens is 417 g/mol. The normalized spacial score (nSPS) is 21.6. The quantitative estimate of drug-likeness (QED) is 0.405. The summed E-state index contributed by atoms with van der Waals surface area (Å²) in [4.78, 5) is 0. The lowest BCUT2D eigenvalue weighted by molar-refractivity contribution is 0.00578. The number of fused-ring (bicyclic) bond motifs is 3. The highest BCUT2D eigenvalue weighted by molar-refractivity contribution is 6.62. The van der Waals surface area contributed by atoms with Gasteiger partial charge in [0, 0.05) is 16.5 Å². The monoisotopic (exact) mass is 449 g/mol. The highest BCUT2D eigenvalue weighted by atomic mass is 16.7. The molecule has 0 bridgehead atoms. The molecule has 3 aliphatic rings. The largest absolute Gasteiger partial charge is 0.494 e. The predicted octanol–water partition coefficient (Wildman–Crippen LogP) is 6.93. The van der Waals surface area contributed by atoms with E-state index in [9.17, 15) is 0 Å². The lowest BCUT2D eigenvalue weighted by atomic mass is 9.78. The number of para-hydroxylation sites is 1. The first-order chi connectivity index (χ1) is 16.3. The van der Waals surface area contributed by atoms with Gasteiger partial charge in [-0.3, -0.25) is 0 Å². The second kappa shape index (κ2) is 7.86. The van der Waals surface area contributed by atoms with E-state index in [1.807, 2.05) is 0 Å². The van der Waals surface area contributed by atoms with Crippen LogP contribution >= 0.6 is 0 Å². The molecule has 0 radical (unpaired) electrons. The molecule has 3 aromatic rings. The summed E-state index contributed by atoms with van der Waals surface area (Å²) < 4.78 is 15.1. The number of rotatable bonds is 3. The summed E-state index contributed by atoms with van der Waals surface area (Å²) in [6, 6.07) is 15.4. The zero-order chi connectivity index (χ0) is 23.5. The Morgan fingerprint density at radius 2 is 1.50 bits per heavy atom. The van der Waals surface area contributed by atoms with E-state index in [2.05, 4.69) is 105 Å². The maximum atomic E-state index is 6.35. The standard InChI is InChI=1S/C30H32BNO2/c1-29(2)30(3,4)34-31(33-29)23-16-19-28-26(20-23)25-12-8-9-13-27(25)32(28)24-17-14-22(15-18-24)21-10-6-5-7-11-21/h5-6,8-10,12-14,16-17,19-20H,7,11,15,18H2,1-4H3. The number of hydrogen-bond donors (Lipinski definition) is 0. The van der Waals surface area contributed by atoms with Crippen LogP contribution in [0.3, 0.4) is 0 Å². The van der Waals surface area contributed by atoms with Gasteiger partial charge in [0.15, 0.2) is 0 Å². The molecule has 2 aliphatic carbocycles. The molecule has 1 aromatic heterocycles. The Hall–Kier alpha value is -2.82. The molecule has 3 nitrogen and oxygen atoms in total. The van der Waals surface area contributed by atoms with Crippen molar-refractivity contribution in [3.8, 4) is 0 Å². The summed E-state index contributed by atoms with van der Waals surface area (Å²) >= 11 is 0. The molecule has 0 spiro atoms. The molecule has 2 aromatic carbocycles. The maximum absolute atomic E-state index is 6.35. The molecule has 0 saturated carbocycles. The third kappa shape index (κ3) is 3.43. The Morgan fingerprint density at radius 3 is 2.21 bits per heavy atom. The van der Waals surface area contributed by atoms with Crippen LogP contribution in [0.1, 0.15) is 53.4 Å². The van der Waals surface area contributed by atoms with Crippen LogP contribution in [0.15, 0.2) is 84.0 Å². The first-order valence-corrected chi connectivity index (χ1v) is 12.5. The van der Waals surface area contributed by atoms with Gasteiger partial charge in [0.1, 0.15) is 0 Å². The van der Waals surface area contributed by atoms with E-state index in [0.29, 0.717) is 0 Å². The Kier molecular flexibility index (Phi) is 5.02. The van der Waals surface area contributed by atoms with Gasteiger partial charge in [0.25, 0.3) is 0 Å². The molecule has 34 heavy (non-hydrogen) atoms. The molecule has 0 N–H and O–H groups in total. The van der Waals surface area contributed by atoms with Crippen LogP contribution in [-0.4, -0.2) is 22.9 Å². The molecular formula is C30H32BNO2. The number of benzene rings is 2. The van der Waals surface area contributed by atoms with Crippen molar-refractivity contribution >= 4 is 40.1 Å². The lowest BCUT2D eigenvalue weighted by Crippen LogP contribution is -2.41. The topological polar surface area (TPSA) is 23.4 Å². The van der Waals surface area contributed by atoms with E-state index < -0.39 is 0 Å². The lowest BCUT2D eigenvalue weighted by Gasteiger charge is -2.32. The number of hydrogen-bond acceptors (Lipinski definition) is 2. The zero-order valence-corrected chi connectivity index (χ0v) is 20.6. The molecule has 172 valence electrons. The Morgan fingerprint density at radius 1 is 0.765 bits per heavy atom. The Bertz CT molecular complexity index is 1400. The molecule has 0 amide bonds. The van der Waals surface area contributed by atoms with Gasteiger partial charge in [-0.05, 0) is 88.2 Å². The number of aromatic nitrogens is 1. The Labute approximate surface area is 202 Å². The third-order valence-electron chi connectivity index (χ3n) is 8.06. The van der Waals surface area contributed by atoms with Crippen molar-refractivity contribution in [2.24, 2.45) is 0 Å². The first-order valence-electron chi connectivity index (χ1n) is 12.5. The van der Waals surface area contributed by atoms with Gasteiger partial charge in [0.2, 0.25) is 0 Å². The van der Waals surface area contributed by atoms with Crippen LogP contribution in [0, 0.1) is 0 Å². The molecule has 0 atom stereocenters. The predicted molar refractivity (Wildman–Crippen MR) is 143 cm³/mol. The van der Waals surface area contributed by atoms with Crippen LogP contribution in [0.25, 0.3) is 27.5 Å². The summed E-state index contributed by atoms with van der Waals surface area (Å²) in [5, 5.41) is 2.52. The summed E-state index contributed by atoms with van der Waals surface area (Å²) in [6.45, 7) is 8.42. The van der Waals surface area contributed by atoms with Crippen molar-refractivity contribution in [1.29, 1.82) is 0 Å². The van der Waals surface area contributed by atoms with E-state index in [1.165, 1.54) is 38.6 Å². The van der Waals surface area contributed by atoms with Crippen molar-refractivity contribution in [1.82, 2.24) is 4.57 Å². The number of nitrogens with zero attached hydrogens (tertiary/aromatic N) is 1. The van der Waals surface area contributed by atoms with E-state index in [-0.39, 0.29) is 18.3 Å². The minimum absolute atomic E-state index is 0.346. The van der Waals surface area contributed by atoms with Crippen LogP contribution < -0.4 is 5.46 Å². The molecule has 4 heteroatoms. The minimum atomic E-state index is -0.353. The van der Waals surface area contributed by atoms with E-state index in [0.717, 1.165) is 31.1 Å². The van der Waals surface area contributed by atoms with Gasteiger partial charge in [-0.1, -0.05) is 54.6 Å². The molecule has 6 rings (SSSR count). The zero-order valence-electron chi connectivity index (χ0n) is 20.6. The molecule has 1 fully saturated rings. The van der Waals surface area contributed by atoms with Gasteiger partial charge >= 0.3 is 7.12 Å². The third-order valence-corrected chi connectivity index (χ3v) is 8.06. The maximum Gasteiger partial charge on any atom is 0.494 e. The summed E-state index contributed by atoms with van der Waals surface area (Å²) in [7, 11) is -0.353. The summed E-state index contributed by atoms with van der Waals surface area (Å²) in [5.74, 6) is 0. The smallest absolute Gasteiger partial charge is 0.399 e. The minimum Gasteiger partial charge on any atom is -0.399 e. The molecule has 1 aliphatic heterocycles. The summed E-state index contributed by atoms with van der Waals surface area (Å²) in [6.07, 6.45) is 15.8. The van der Waals surface area contributed by atoms with Gasteiger partial charge in [-0.15, -0.1) is 0 Å². The van der Waals surface area contributed by atoms with Crippen molar-refractivity contribution in [2.75, 3.05) is 0 Å². The fourth-order valence-electron chi connectivity index (χ4n) is 5.38. The van der Waals surface area contributed by atoms with E-state index in [4.69, 9.17) is 9.31 Å². The molecule has 1 saturated heterocycles. The second-order valence-electron chi connectivity index (χ2n) is 10.7. The molecule has 2 heterocycles.